The van der Waals surface area contributed by atoms with E-state index in [1.54, 1.807) is 11.3 Å². The smallest absolute Gasteiger partial charge is 0.122 e. The third-order valence-corrected chi connectivity index (χ3v) is 5.25. The van der Waals surface area contributed by atoms with E-state index in [0.29, 0.717) is 6.04 Å². The van der Waals surface area contributed by atoms with Crippen molar-refractivity contribution in [1.82, 2.24) is 19.4 Å². The number of aromatic nitrogens is 3. The maximum Gasteiger partial charge on any atom is 0.122 e. The highest BCUT2D eigenvalue weighted by Crippen LogP contribution is 2.31. The number of imidazole rings is 1. The predicted molar refractivity (Wildman–Crippen MR) is 87.5 cm³/mol. The monoisotopic (exact) mass is 310 g/mol. The minimum Gasteiger partial charge on any atom is -0.332 e. The summed E-state index contributed by atoms with van der Waals surface area (Å²) in [5, 5.41) is 0. The molecular weight excluding hydrogens is 292 g/mol. The van der Waals surface area contributed by atoms with Crippen molar-refractivity contribution >= 4 is 11.3 Å². The van der Waals surface area contributed by atoms with Crippen LogP contribution in [0.5, 0.6) is 0 Å². The minimum atomic E-state index is 0.379. The molecule has 22 heavy (non-hydrogen) atoms. The molecule has 1 atom stereocenters. The molecule has 2 aromatic heterocycles. The number of hydrogen-bond donors (Lipinski definition) is 0. The molecule has 3 aromatic rings. The SMILES string of the molecule is Cc1ncsc1CN1Cc2nccn2CC1c1ccccc1. The molecule has 0 fully saturated rings. The van der Waals surface area contributed by atoms with Crippen molar-refractivity contribution in [2.24, 2.45) is 0 Å². The van der Waals surface area contributed by atoms with Crippen LogP contribution in [0.1, 0.15) is 28.0 Å². The lowest BCUT2D eigenvalue weighted by atomic mass is 10.0. The second kappa shape index (κ2) is 5.66. The normalized spacial score (nSPS) is 18.3. The fourth-order valence-corrected chi connectivity index (χ4v) is 3.87. The Bertz CT molecular complexity index is 762. The van der Waals surface area contributed by atoms with Gasteiger partial charge < -0.3 is 4.57 Å². The van der Waals surface area contributed by atoms with Crippen LogP contribution in [0.15, 0.2) is 48.2 Å². The summed E-state index contributed by atoms with van der Waals surface area (Å²) in [5.74, 6) is 1.15. The zero-order chi connectivity index (χ0) is 14.9. The number of fused-ring (bicyclic) bond motifs is 1. The molecule has 4 nitrogen and oxygen atoms in total. The van der Waals surface area contributed by atoms with E-state index in [-0.39, 0.29) is 0 Å². The van der Waals surface area contributed by atoms with E-state index < -0.39 is 0 Å². The van der Waals surface area contributed by atoms with Crippen molar-refractivity contribution in [2.75, 3.05) is 0 Å². The Morgan fingerprint density at radius 1 is 1.23 bits per heavy atom. The average Bonchev–Trinajstić information content (AvgIpc) is 3.16. The number of thiazole rings is 1. The van der Waals surface area contributed by atoms with Crippen molar-refractivity contribution < 1.29 is 0 Å². The van der Waals surface area contributed by atoms with Gasteiger partial charge in [0.1, 0.15) is 5.82 Å². The molecular formula is C17H18N4S. The van der Waals surface area contributed by atoms with Gasteiger partial charge >= 0.3 is 0 Å². The minimum absolute atomic E-state index is 0.379. The molecule has 1 aliphatic heterocycles. The molecule has 112 valence electrons. The quantitative estimate of drug-likeness (QED) is 0.743. The van der Waals surface area contributed by atoms with Gasteiger partial charge in [-0.05, 0) is 12.5 Å². The third-order valence-electron chi connectivity index (χ3n) is 4.33. The molecule has 0 saturated heterocycles. The van der Waals surface area contributed by atoms with E-state index in [9.17, 15) is 0 Å². The summed E-state index contributed by atoms with van der Waals surface area (Å²) >= 11 is 1.74. The summed E-state index contributed by atoms with van der Waals surface area (Å²) in [7, 11) is 0. The van der Waals surface area contributed by atoms with Gasteiger partial charge in [0, 0.05) is 30.4 Å². The Hall–Kier alpha value is -1.98. The van der Waals surface area contributed by atoms with E-state index in [1.807, 2.05) is 11.7 Å². The van der Waals surface area contributed by atoms with Crippen LogP contribution < -0.4 is 0 Å². The van der Waals surface area contributed by atoms with Crippen LogP contribution in [-0.4, -0.2) is 19.4 Å². The van der Waals surface area contributed by atoms with Crippen LogP contribution in [0.3, 0.4) is 0 Å². The molecule has 0 saturated carbocycles. The number of aryl methyl sites for hydroxylation is 1. The van der Waals surface area contributed by atoms with E-state index in [2.05, 4.69) is 62.9 Å². The van der Waals surface area contributed by atoms with Gasteiger partial charge in [0.15, 0.2) is 0 Å². The largest absolute Gasteiger partial charge is 0.332 e. The van der Waals surface area contributed by atoms with Crippen molar-refractivity contribution in [3.8, 4) is 0 Å². The van der Waals surface area contributed by atoms with Crippen molar-refractivity contribution in [1.29, 1.82) is 0 Å². The fraction of sp³-hybridized carbons (Fsp3) is 0.294. The van der Waals surface area contributed by atoms with Crippen LogP contribution in [0, 0.1) is 6.92 Å². The van der Waals surface area contributed by atoms with E-state index in [4.69, 9.17) is 0 Å². The zero-order valence-corrected chi connectivity index (χ0v) is 13.3. The molecule has 0 amide bonds. The highest BCUT2D eigenvalue weighted by atomic mass is 32.1. The molecule has 0 radical (unpaired) electrons. The second-order valence-corrected chi connectivity index (χ2v) is 6.63. The zero-order valence-electron chi connectivity index (χ0n) is 12.5. The predicted octanol–water partition coefficient (Wildman–Crippen LogP) is 3.41. The Labute approximate surface area is 134 Å². The highest BCUT2D eigenvalue weighted by Gasteiger charge is 2.28. The first-order chi connectivity index (χ1) is 10.8. The van der Waals surface area contributed by atoms with Crippen LogP contribution in [0.4, 0.5) is 0 Å². The topological polar surface area (TPSA) is 34.0 Å². The fourth-order valence-electron chi connectivity index (χ4n) is 3.07. The summed E-state index contributed by atoms with van der Waals surface area (Å²) in [6.45, 7) is 4.86. The van der Waals surface area contributed by atoms with E-state index in [1.165, 1.54) is 10.4 Å². The standard InChI is InChI=1S/C17H18N4S/c1-13-16(22-12-19-13)10-21-11-17-18-7-8-20(17)9-15(21)14-5-3-2-4-6-14/h2-8,12,15H,9-11H2,1H3. The van der Waals surface area contributed by atoms with Gasteiger partial charge in [0.25, 0.3) is 0 Å². The van der Waals surface area contributed by atoms with Crippen molar-refractivity contribution in [3.05, 3.63) is 70.2 Å². The van der Waals surface area contributed by atoms with Gasteiger partial charge in [-0.25, -0.2) is 9.97 Å². The van der Waals surface area contributed by atoms with Gasteiger partial charge in [0.05, 0.1) is 23.8 Å². The molecule has 0 aliphatic carbocycles. The first-order valence-corrected chi connectivity index (χ1v) is 8.37. The average molecular weight is 310 g/mol. The lowest BCUT2D eigenvalue weighted by Crippen LogP contribution is -2.36. The van der Waals surface area contributed by atoms with Gasteiger partial charge in [-0.3, -0.25) is 4.90 Å². The van der Waals surface area contributed by atoms with Crippen LogP contribution in [-0.2, 0) is 19.6 Å². The Balaban J connectivity index is 1.68. The first-order valence-electron chi connectivity index (χ1n) is 7.49. The van der Waals surface area contributed by atoms with Gasteiger partial charge in [-0.1, -0.05) is 30.3 Å². The summed E-state index contributed by atoms with van der Waals surface area (Å²) in [5.41, 5.74) is 4.45. The van der Waals surface area contributed by atoms with Crippen LogP contribution >= 0.6 is 11.3 Å². The first kappa shape index (κ1) is 13.7. The second-order valence-electron chi connectivity index (χ2n) is 5.69. The third kappa shape index (κ3) is 2.46. The van der Waals surface area contributed by atoms with E-state index >= 15 is 0 Å². The molecule has 0 bridgehead atoms. The van der Waals surface area contributed by atoms with Gasteiger partial charge in [-0.2, -0.15) is 0 Å². The molecule has 0 N–H and O–H groups in total. The Morgan fingerprint density at radius 2 is 2.09 bits per heavy atom. The molecule has 1 aliphatic rings. The Morgan fingerprint density at radius 3 is 2.86 bits per heavy atom. The molecule has 1 unspecified atom stereocenters. The number of benzene rings is 1. The van der Waals surface area contributed by atoms with Crippen molar-refractivity contribution in [3.63, 3.8) is 0 Å². The highest BCUT2D eigenvalue weighted by molar-refractivity contribution is 7.09. The van der Waals surface area contributed by atoms with E-state index in [0.717, 1.165) is 31.2 Å². The lowest BCUT2D eigenvalue weighted by Gasteiger charge is -2.36. The molecule has 0 spiro atoms. The molecule has 4 rings (SSSR count). The Kier molecular flexibility index (Phi) is 3.52. The summed E-state index contributed by atoms with van der Waals surface area (Å²) in [4.78, 5) is 12.7. The number of rotatable bonds is 3. The molecule has 5 heteroatoms. The lowest BCUT2D eigenvalue weighted by molar-refractivity contribution is 0.129. The maximum atomic E-state index is 4.50. The summed E-state index contributed by atoms with van der Waals surface area (Å²) < 4.78 is 2.27. The maximum absolute atomic E-state index is 4.50. The number of hydrogen-bond acceptors (Lipinski definition) is 4. The summed E-state index contributed by atoms with van der Waals surface area (Å²) in [6, 6.07) is 11.1. The van der Waals surface area contributed by atoms with Gasteiger partial charge in [-0.15, -0.1) is 11.3 Å². The summed E-state index contributed by atoms with van der Waals surface area (Å²) in [6.07, 6.45) is 3.99. The number of nitrogens with zero attached hydrogens (tertiary/aromatic N) is 4. The van der Waals surface area contributed by atoms with Crippen molar-refractivity contribution in [2.45, 2.75) is 32.6 Å². The molecule has 3 heterocycles. The van der Waals surface area contributed by atoms with Crippen LogP contribution in [0.2, 0.25) is 0 Å². The van der Waals surface area contributed by atoms with Crippen LogP contribution in [0.25, 0.3) is 0 Å². The van der Waals surface area contributed by atoms with Gasteiger partial charge in [0.2, 0.25) is 0 Å². The molecule has 1 aromatic carbocycles.